The summed E-state index contributed by atoms with van der Waals surface area (Å²) in [4.78, 5) is 27.7. The number of ether oxygens (including phenoxy) is 1. The minimum Gasteiger partial charge on any atom is -0.477 e. The lowest BCUT2D eigenvalue weighted by molar-refractivity contribution is 0.0653. The number of para-hydroxylation sites is 2. The molecule has 0 spiro atoms. The molecule has 3 aromatic rings. The fourth-order valence-corrected chi connectivity index (χ4v) is 3.34. The van der Waals surface area contributed by atoms with E-state index in [-0.39, 0.29) is 5.91 Å². The molecule has 0 bridgehead atoms. The van der Waals surface area contributed by atoms with Crippen molar-refractivity contribution in [1.82, 2.24) is 19.9 Å². The molecule has 1 aromatic carbocycles. The third kappa shape index (κ3) is 3.89. The quantitative estimate of drug-likeness (QED) is 0.712. The summed E-state index contributed by atoms with van der Waals surface area (Å²) in [5.74, 6) is 1.08. The van der Waals surface area contributed by atoms with Crippen molar-refractivity contribution in [2.45, 2.75) is 19.8 Å². The van der Waals surface area contributed by atoms with Crippen LogP contribution >= 0.6 is 0 Å². The third-order valence-corrected chi connectivity index (χ3v) is 4.99. The van der Waals surface area contributed by atoms with E-state index in [4.69, 9.17) is 4.74 Å². The van der Waals surface area contributed by atoms with Gasteiger partial charge < -0.3 is 9.64 Å². The van der Waals surface area contributed by atoms with Gasteiger partial charge in [0, 0.05) is 24.8 Å². The van der Waals surface area contributed by atoms with Gasteiger partial charge in [0.2, 0.25) is 5.88 Å². The molecule has 1 amide bonds. The second-order valence-corrected chi connectivity index (χ2v) is 6.92. The smallest absolute Gasteiger partial charge is 0.274 e. The van der Waals surface area contributed by atoms with E-state index < -0.39 is 0 Å². The maximum atomic E-state index is 12.8. The van der Waals surface area contributed by atoms with Gasteiger partial charge in [-0.3, -0.25) is 9.78 Å². The highest BCUT2D eigenvalue weighted by molar-refractivity contribution is 5.93. The van der Waals surface area contributed by atoms with Gasteiger partial charge in [-0.2, -0.15) is 0 Å². The summed E-state index contributed by atoms with van der Waals surface area (Å²) in [6, 6.07) is 11.5. The molecule has 0 atom stereocenters. The number of aryl methyl sites for hydroxylation is 1. The van der Waals surface area contributed by atoms with Crippen molar-refractivity contribution < 1.29 is 9.53 Å². The Kier molecular flexibility index (Phi) is 4.96. The Hall–Kier alpha value is -3.02. The van der Waals surface area contributed by atoms with E-state index in [0.717, 1.165) is 29.4 Å². The van der Waals surface area contributed by atoms with Crippen LogP contribution < -0.4 is 4.74 Å². The first-order valence-corrected chi connectivity index (χ1v) is 9.26. The molecule has 6 heteroatoms. The number of carbonyl (C=O) groups is 1. The molecule has 0 aliphatic carbocycles. The molecule has 4 rings (SSSR count). The Morgan fingerprint density at radius 1 is 1.11 bits per heavy atom. The fourth-order valence-electron chi connectivity index (χ4n) is 3.34. The Bertz CT molecular complexity index is 952. The van der Waals surface area contributed by atoms with Gasteiger partial charge in [-0.15, -0.1) is 0 Å². The molecule has 2 aromatic heterocycles. The first kappa shape index (κ1) is 17.4. The summed E-state index contributed by atoms with van der Waals surface area (Å²) in [5, 5.41) is 0. The lowest BCUT2D eigenvalue weighted by Gasteiger charge is -2.31. The standard InChI is InChI=1S/C21H22N4O2/c1-15-5-4-10-22-20(15)27-14-16-8-11-25(12-9-16)21(26)19-13-23-17-6-2-3-7-18(17)24-19/h2-7,10,13,16H,8-9,11-12,14H2,1H3. The van der Waals surface area contributed by atoms with Crippen LogP contribution in [0.15, 0.2) is 48.8 Å². The molecular weight excluding hydrogens is 340 g/mol. The van der Waals surface area contributed by atoms with Gasteiger partial charge in [0.1, 0.15) is 5.69 Å². The molecule has 6 nitrogen and oxygen atoms in total. The van der Waals surface area contributed by atoms with Gasteiger partial charge in [-0.25, -0.2) is 9.97 Å². The SMILES string of the molecule is Cc1cccnc1OCC1CCN(C(=O)c2cnc3ccccc3n2)CC1. The number of piperidine rings is 1. The number of likely N-dealkylation sites (tertiary alicyclic amines) is 1. The summed E-state index contributed by atoms with van der Waals surface area (Å²) in [5.41, 5.74) is 3.00. The van der Waals surface area contributed by atoms with E-state index in [2.05, 4.69) is 15.0 Å². The first-order valence-electron chi connectivity index (χ1n) is 9.26. The van der Waals surface area contributed by atoms with Gasteiger partial charge in [-0.1, -0.05) is 18.2 Å². The number of nitrogens with zero attached hydrogens (tertiary/aromatic N) is 4. The minimum atomic E-state index is -0.0480. The number of hydrogen-bond donors (Lipinski definition) is 0. The summed E-state index contributed by atoms with van der Waals surface area (Å²) in [7, 11) is 0. The second kappa shape index (κ2) is 7.70. The second-order valence-electron chi connectivity index (χ2n) is 6.92. The summed E-state index contributed by atoms with van der Waals surface area (Å²) in [6.07, 6.45) is 5.15. The van der Waals surface area contributed by atoms with Crippen molar-refractivity contribution in [3.8, 4) is 5.88 Å². The normalized spacial score (nSPS) is 15.1. The lowest BCUT2D eigenvalue weighted by Crippen LogP contribution is -2.40. The van der Waals surface area contributed by atoms with Crippen molar-refractivity contribution in [3.05, 3.63) is 60.0 Å². The summed E-state index contributed by atoms with van der Waals surface area (Å²) < 4.78 is 5.87. The Morgan fingerprint density at radius 2 is 1.89 bits per heavy atom. The van der Waals surface area contributed by atoms with Gasteiger partial charge in [0.05, 0.1) is 23.8 Å². The molecule has 1 aliphatic rings. The Labute approximate surface area is 158 Å². The van der Waals surface area contributed by atoms with E-state index in [1.165, 1.54) is 0 Å². The van der Waals surface area contributed by atoms with Gasteiger partial charge in [0.15, 0.2) is 0 Å². The van der Waals surface area contributed by atoms with Crippen molar-refractivity contribution in [3.63, 3.8) is 0 Å². The number of hydrogen-bond acceptors (Lipinski definition) is 5. The predicted molar refractivity (Wildman–Crippen MR) is 103 cm³/mol. The first-order chi connectivity index (χ1) is 13.2. The zero-order valence-electron chi connectivity index (χ0n) is 15.3. The third-order valence-electron chi connectivity index (χ3n) is 4.99. The van der Waals surface area contributed by atoms with Crippen LogP contribution in [-0.4, -0.2) is 45.5 Å². The number of benzene rings is 1. The molecule has 3 heterocycles. The van der Waals surface area contributed by atoms with E-state index in [1.807, 2.05) is 48.2 Å². The highest BCUT2D eigenvalue weighted by Gasteiger charge is 2.25. The monoisotopic (exact) mass is 362 g/mol. The van der Waals surface area contributed by atoms with Crippen LogP contribution in [0.3, 0.4) is 0 Å². The zero-order chi connectivity index (χ0) is 18.6. The maximum Gasteiger partial charge on any atom is 0.274 e. The van der Waals surface area contributed by atoms with Crippen molar-refractivity contribution >= 4 is 16.9 Å². The zero-order valence-corrected chi connectivity index (χ0v) is 15.3. The topological polar surface area (TPSA) is 68.2 Å². The number of amides is 1. The molecule has 1 fully saturated rings. The number of aromatic nitrogens is 3. The number of carbonyl (C=O) groups excluding carboxylic acids is 1. The van der Waals surface area contributed by atoms with Crippen molar-refractivity contribution in [2.24, 2.45) is 5.92 Å². The average molecular weight is 362 g/mol. The molecule has 0 N–H and O–H groups in total. The van der Waals surface area contributed by atoms with Gasteiger partial charge in [0.25, 0.3) is 5.91 Å². The van der Waals surface area contributed by atoms with Crippen LogP contribution in [0.2, 0.25) is 0 Å². The Balaban J connectivity index is 1.34. The molecule has 1 saturated heterocycles. The van der Waals surface area contributed by atoms with Crippen LogP contribution in [0, 0.1) is 12.8 Å². The molecule has 0 radical (unpaired) electrons. The van der Waals surface area contributed by atoms with E-state index in [0.29, 0.717) is 37.2 Å². The largest absolute Gasteiger partial charge is 0.477 e. The molecule has 138 valence electrons. The average Bonchev–Trinajstić information content (AvgIpc) is 2.73. The predicted octanol–water partition coefficient (Wildman–Crippen LogP) is 3.26. The summed E-state index contributed by atoms with van der Waals surface area (Å²) in [6.45, 7) is 4.05. The van der Waals surface area contributed by atoms with Crippen LogP contribution in [0.5, 0.6) is 5.88 Å². The Morgan fingerprint density at radius 3 is 2.67 bits per heavy atom. The van der Waals surface area contributed by atoms with Crippen LogP contribution in [0.25, 0.3) is 11.0 Å². The number of pyridine rings is 1. The molecule has 1 aliphatic heterocycles. The molecule has 0 saturated carbocycles. The molecule has 27 heavy (non-hydrogen) atoms. The van der Waals surface area contributed by atoms with E-state index >= 15 is 0 Å². The number of fused-ring (bicyclic) bond motifs is 1. The molecular formula is C21H22N4O2. The van der Waals surface area contributed by atoms with Crippen LogP contribution in [0.4, 0.5) is 0 Å². The van der Waals surface area contributed by atoms with Crippen molar-refractivity contribution in [1.29, 1.82) is 0 Å². The fraction of sp³-hybridized carbons (Fsp3) is 0.333. The minimum absolute atomic E-state index is 0.0480. The van der Waals surface area contributed by atoms with E-state index in [1.54, 1.807) is 12.4 Å². The highest BCUT2D eigenvalue weighted by atomic mass is 16.5. The van der Waals surface area contributed by atoms with Crippen molar-refractivity contribution in [2.75, 3.05) is 19.7 Å². The van der Waals surface area contributed by atoms with Gasteiger partial charge in [-0.05, 0) is 43.9 Å². The lowest BCUT2D eigenvalue weighted by atomic mass is 9.97. The number of rotatable bonds is 4. The highest BCUT2D eigenvalue weighted by Crippen LogP contribution is 2.21. The van der Waals surface area contributed by atoms with Crippen LogP contribution in [0.1, 0.15) is 28.9 Å². The van der Waals surface area contributed by atoms with Gasteiger partial charge >= 0.3 is 0 Å². The van der Waals surface area contributed by atoms with E-state index in [9.17, 15) is 4.79 Å². The van der Waals surface area contributed by atoms with Crippen LogP contribution in [-0.2, 0) is 0 Å². The molecule has 0 unspecified atom stereocenters. The maximum absolute atomic E-state index is 12.8. The summed E-state index contributed by atoms with van der Waals surface area (Å²) >= 11 is 0.